The van der Waals surface area contributed by atoms with E-state index in [1.165, 1.54) is 16.0 Å². The summed E-state index contributed by atoms with van der Waals surface area (Å²) in [5, 5.41) is 33.3. The Morgan fingerprint density at radius 2 is 2.30 bits per heavy atom. The van der Waals surface area contributed by atoms with Crippen LogP contribution in [0.4, 0.5) is 0 Å². The van der Waals surface area contributed by atoms with Crippen LogP contribution in [0.5, 0.6) is 0 Å². The van der Waals surface area contributed by atoms with Gasteiger partial charge < -0.3 is 10.4 Å². The largest absolute Gasteiger partial charge is 0.476 e. The molecular formula is C11H10N8O4. The van der Waals surface area contributed by atoms with Crippen molar-refractivity contribution in [3.63, 3.8) is 0 Å². The summed E-state index contributed by atoms with van der Waals surface area (Å²) in [7, 11) is 0. The standard InChI is InChI=1S/C11H10N8O4/c12-1-6-2-18-3-7(10(21)19(18)9(6)11(22)23)14-8(20)4-17-5-13-15-16-17/h5,7H,2-4H2,(H,14,20)(H,22,23). The SMILES string of the molecule is N#CC1=C(C(=O)O)N2C(=O)C(NC(=O)Cn3cnnn3)CN2C1. The fourth-order valence-corrected chi connectivity index (χ4v) is 2.48. The van der Waals surface area contributed by atoms with Crippen LogP contribution in [0, 0.1) is 11.3 Å². The molecule has 2 amide bonds. The first-order valence-corrected chi connectivity index (χ1v) is 6.46. The molecule has 0 spiro atoms. The molecular weight excluding hydrogens is 308 g/mol. The minimum atomic E-state index is -1.36. The number of fused-ring (bicyclic) bond motifs is 1. The van der Waals surface area contributed by atoms with Gasteiger partial charge in [0, 0.05) is 6.54 Å². The lowest BCUT2D eigenvalue weighted by molar-refractivity contribution is -0.143. The molecule has 118 valence electrons. The summed E-state index contributed by atoms with van der Waals surface area (Å²) in [5.41, 5.74) is -0.362. The molecule has 1 unspecified atom stereocenters. The van der Waals surface area contributed by atoms with Crippen molar-refractivity contribution in [2.75, 3.05) is 13.1 Å². The fourth-order valence-electron chi connectivity index (χ4n) is 2.48. The normalized spacial score (nSPS) is 20.6. The molecule has 0 bridgehead atoms. The lowest BCUT2D eigenvalue weighted by Crippen LogP contribution is -2.44. The van der Waals surface area contributed by atoms with E-state index in [1.807, 2.05) is 0 Å². The zero-order valence-corrected chi connectivity index (χ0v) is 11.6. The van der Waals surface area contributed by atoms with Crippen LogP contribution in [0.25, 0.3) is 0 Å². The van der Waals surface area contributed by atoms with E-state index in [4.69, 9.17) is 5.26 Å². The van der Waals surface area contributed by atoms with Gasteiger partial charge in [-0.1, -0.05) is 0 Å². The van der Waals surface area contributed by atoms with E-state index in [1.54, 1.807) is 6.07 Å². The molecule has 1 aromatic rings. The molecule has 1 fully saturated rings. The molecule has 1 atom stereocenters. The van der Waals surface area contributed by atoms with Crippen molar-refractivity contribution >= 4 is 17.8 Å². The van der Waals surface area contributed by atoms with E-state index in [2.05, 4.69) is 20.8 Å². The summed E-state index contributed by atoms with van der Waals surface area (Å²) in [4.78, 5) is 35.4. The van der Waals surface area contributed by atoms with Crippen molar-refractivity contribution in [2.45, 2.75) is 12.6 Å². The van der Waals surface area contributed by atoms with Crippen LogP contribution >= 0.6 is 0 Å². The highest BCUT2D eigenvalue weighted by Crippen LogP contribution is 2.28. The third-order valence-electron chi connectivity index (χ3n) is 3.39. The van der Waals surface area contributed by atoms with Gasteiger partial charge in [-0.25, -0.2) is 19.5 Å². The summed E-state index contributed by atoms with van der Waals surface area (Å²) < 4.78 is 1.19. The van der Waals surface area contributed by atoms with Gasteiger partial charge in [0.05, 0.1) is 18.2 Å². The van der Waals surface area contributed by atoms with E-state index in [-0.39, 0.29) is 30.9 Å². The van der Waals surface area contributed by atoms with Crippen molar-refractivity contribution < 1.29 is 19.5 Å². The zero-order chi connectivity index (χ0) is 16.6. The summed E-state index contributed by atoms with van der Waals surface area (Å²) in [6.07, 6.45) is 1.25. The van der Waals surface area contributed by atoms with Crippen LogP contribution in [0.1, 0.15) is 0 Å². The Balaban J connectivity index is 1.71. The lowest BCUT2D eigenvalue weighted by atomic mass is 10.2. The number of aromatic nitrogens is 4. The summed E-state index contributed by atoms with van der Waals surface area (Å²) >= 11 is 0. The molecule has 12 heteroatoms. The van der Waals surface area contributed by atoms with Gasteiger partial charge in [-0.2, -0.15) is 5.26 Å². The van der Waals surface area contributed by atoms with Gasteiger partial charge in [0.15, 0.2) is 5.70 Å². The molecule has 0 saturated carbocycles. The quantitative estimate of drug-likeness (QED) is 0.593. The monoisotopic (exact) mass is 318 g/mol. The lowest BCUT2D eigenvalue weighted by Gasteiger charge is -2.18. The van der Waals surface area contributed by atoms with Gasteiger partial charge in [0.1, 0.15) is 18.9 Å². The average Bonchev–Trinajstić information content (AvgIpc) is 3.17. The van der Waals surface area contributed by atoms with Crippen molar-refractivity contribution in [2.24, 2.45) is 0 Å². The average molecular weight is 318 g/mol. The number of carbonyl (C=O) groups excluding carboxylic acids is 2. The predicted molar refractivity (Wildman–Crippen MR) is 68.4 cm³/mol. The number of carbonyl (C=O) groups is 3. The molecule has 0 aliphatic carbocycles. The van der Waals surface area contributed by atoms with Gasteiger partial charge >= 0.3 is 5.97 Å². The molecule has 2 aliphatic rings. The number of nitrogens with one attached hydrogen (secondary N) is 1. The summed E-state index contributed by atoms with van der Waals surface area (Å²) in [6, 6.07) is 0.885. The topological polar surface area (TPSA) is 157 Å². The number of rotatable bonds is 4. The molecule has 0 radical (unpaired) electrons. The highest BCUT2D eigenvalue weighted by atomic mass is 16.4. The van der Waals surface area contributed by atoms with Gasteiger partial charge in [0.2, 0.25) is 5.91 Å². The van der Waals surface area contributed by atoms with E-state index < -0.39 is 23.8 Å². The van der Waals surface area contributed by atoms with Crippen LogP contribution in [-0.2, 0) is 20.9 Å². The van der Waals surface area contributed by atoms with Crippen LogP contribution in [0.2, 0.25) is 0 Å². The van der Waals surface area contributed by atoms with Crippen molar-refractivity contribution in [1.29, 1.82) is 5.26 Å². The number of hydrazine groups is 1. The van der Waals surface area contributed by atoms with Gasteiger partial charge in [0.25, 0.3) is 5.91 Å². The predicted octanol–water partition coefficient (Wildman–Crippen LogP) is -2.91. The van der Waals surface area contributed by atoms with Crippen LogP contribution < -0.4 is 5.32 Å². The highest BCUT2D eigenvalue weighted by molar-refractivity contribution is 5.98. The van der Waals surface area contributed by atoms with Gasteiger partial charge in [-0.05, 0) is 10.4 Å². The van der Waals surface area contributed by atoms with Crippen LogP contribution in [0.3, 0.4) is 0 Å². The second-order valence-electron chi connectivity index (χ2n) is 4.87. The number of nitrogens with zero attached hydrogens (tertiary/aromatic N) is 7. The van der Waals surface area contributed by atoms with E-state index >= 15 is 0 Å². The van der Waals surface area contributed by atoms with Crippen LogP contribution in [0.15, 0.2) is 17.6 Å². The second-order valence-corrected chi connectivity index (χ2v) is 4.87. The number of hydrogen-bond acceptors (Lipinski definition) is 8. The molecule has 1 saturated heterocycles. The first-order chi connectivity index (χ1) is 11.0. The second kappa shape index (κ2) is 5.46. The Kier molecular flexibility index (Phi) is 3.47. The molecule has 2 aliphatic heterocycles. The summed E-state index contributed by atoms with van der Waals surface area (Å²) in [6.45, 7) is -0.0623. The molecule has 3 rings (SSSR count). The molecule has 1 aromatic heterocycles. The minimum Gasteiger partial charge on any atom is -0.476 e. The molecule has 0 aromatic carbocycles. The number of aliphatic carboxylic acids is 1. The Bertz CT molecular complexity index is 749. The molecule has 2 N–H and O–H groups in total. The third kappa shape index (κ3) is 2.49. The fraction of sp³-hybridized carbons (Fsp3) is 0.364. The first kappa shape index (κ1) is 14.6. The molecule has 3 heterocycles. The number of carboxylic acid groups (broad SMARTS) is 1. The van der Waals surface area contributed by atoms with Crippen LogP contribution in [-0.4, -0.2) is 72.2 Å². The smallest absolute Gasteiger partial charge is 0.355 e. The van der Waals surface area contributed by atoms with Gasteiger partial charge in [-0.15, -0.1) is 5.10 Å². The van der Waals surface area contributed by atoms with Crippen molar-refractivity contribution in [3.05, 3.63) is 17.6 Å². The minimum absolute atomic E-state index is 0.00400. The van der Waals surface area contributed by atoms with E-state index in [9.17, 15) is 19.5 Å². The third-order valence-corrected chi connectivity index (χ3v) is 3.39. The Morgan fingerprint density at radius 3 is 2.91 bits per heavy atom. The Hall–Kier alpha value is -3.33. The Labute approximate surface area is 128 Å². The maximum absolute atomic E-state index is 12.3. The summed E-state index contributed by atoms with van der Waals surface area (Å²) in [5.74, 6) is -2.45. The first-order valence-electron chi connectivity index (χ1n) is 6.46. The number of amides is 2. The maximum Gasteiger partial charge on any atom is 0.355 e. The van der Waals surface area contributed by atoms with E-state index in [0.29, 0.717) is 0 Å². The van der Waals surface area contributed by atoms with Crippen molar-refractivity contribution in [1.82, 2.24) is 35.5 Å². The van der Waals surface area contributed by atoms with E-state index in [0.717, 1.165) is 5.01 Å². The zero-order valence-electron chi connectivity index (χ0n) is 11.6. The maximum atomic E-state index is 12.3. The molecule has 12 nitrogen and oxygen atoms in total. The highest BCUT2D eigenvalue weighted by Gasteiger charge is 2.48. The Morgan fingerprint density at radius 1 is 1.52 bits per heavy atom. The van der Waals surface area contributed by atoms with Crippen molar-refractivity contribution in [3.8, 4) is 6.07 Å². The number of hydrogen-bond donors (Lipinski definition) is 2. The van der Waals surface area contributed by atoms with Gasteiger partial charge in [-0.3, -0.25) is 9.59 Å². The molecule has 23 heavy (non-hydrogen) atoms. The number of nitriles is 1. The number of tetrazole rings is 1. The number of carboxylic acids is 1.